The number of carbonyl (C=O) groups excluding carboxylic acids is 2. The van der Waals surface area contributed by atoms with E-state index in [-0.39, 0.29) is 30.7 Å². The molecule has 1 unspecified atom stereocenters. The summed E-state index contributed by atoms with van der Waals surface area (Å²) in [5.41, 5.74) is 3.09. The van der Waals surface area contributed by atoms with Crippen LogP contribution in [0.3, 0.4) is 0 Å². The molecule has 2 amide bonds. The molecule has 5 rings (SSSR count). The Balaban J connectivity index is 1.26. The van der Waals surface area contributed by atoms with Gasteiger partial charge in [0, 0.05) is 17.8 Å². The van der Waals surface area contributed by atoms with Crippen LogP contribution in [-0.4, -0.2) is 62.7 Å². The van der Waals surface area contributed by atoms with Crippen LogP contribution >= 0.6 is 0 Å². The van der Waals surface area contributed by atoms with E-state index in [0.29, 0.717) is 23.5 Å². The molecule has 10 heteroatoms. The van der Waals surface area contributed by atoms with Crippen molar-refractivity contribution in [3.05, 3.63) is 65.9 Å². The molecule has 3 N–H and O–H groups in total. The summed E-state index contributed by atoms with van der Waals surface area (Å²) in [5, 5.41) is 9.57. The highest BCUT2D eigenvalue weighted by Crippen LogP contribution is 2.22. The van der Waals surface area contributed by atoms with E-state index in [0.717, 1.165) is 16.9 Å². The second-order valence-corrected chi connectivity index (χ2v) is 7.80. The summed E-state index contributed by atoms with van der Waals surface area (Å²) in [5.74, 6) is -0.315. The SMILES string of the molecule is Cc1nc2ccc(NC(=O)C3CN(C(=O)c4cc(-c5ccccc5F)n[nH]4)CCO3)cc2[nH]1. The van der Waals surface area contributed by atoms with Crippen LogP contribution in [-0.2, 0) is 9.53 Å². The first-order valence-corrected chi connectivity index (χ1v) is 10.5. The standard InChI is InChI=1S/C23H21FN6O3/c1-13-25-17-7-6-14(10-19(17)26-13)27-22(31)21-12-30(8-9-33-21)23(32)20-11-18(28-29-20)15-4-2-3-5-16(15)24/h2-7,10-11,21H,8-9,12H2,1H3,(H,25,26)(H,27,31)(H,28,29). The summed E-state index contributed by atoms with van der Waals surface area (Å²) < 4.78 is 19.6. The van der Waals surface area contributed by atoms with E-state index in [1.54, 1.807) is 30.3 Å². The number of nitrogens with zero attached hydrogens (tertiary/aromatic N) is 3. The van der Waals surface area contributed by atoms with Gasteiger partial charge in [-0.3, -0.25) is 14.7 Å². The molecule has 33 heavy (non-hydrogen) atoms. The number of hydrogen-bond acceptors (Lipinski definition) is 5. The minimum Gasteiger partial charge on any atom is -0.365 e. The van der Waals surface area contributed by atoms with Gasteiger partial charge in [0.15, 0.2) is 6.10 Å². The lowest BCUT2D eigenvalue weighted by Gasteiger charge is -2.31. The Hall–Kier alpha value is -4.05. The predicted octanol–water partition coefficient (Wildman–Crippen LogP) is 2.88. The smallest absolute Gasteiger partial charge is 0.272 e. The average Bonchev–Trinajstić information content (AvgIpc) is 3.45. The van der Waals surface area contributed by atoms with Gasteiger partial charge >= 0.3 is 0 Å². The monoisotopic (exact) mass is 448 g/mol. The molecule has 0 bridgehead atoms. The minimum atomic E-state index is -0.823. The van der Waals surface area contributed by atoms with Crippen LogP contribution in [0.25, 0.3) is 22.3 Å². The van der Waals surface area contributed by atoms with Gasteiger partial charge in [-0.2, -0.15) is 5.10 Å². The van der Waals surface area contributed by atoms with Gasteiger partial charge in [-0.15, -0.1) is 0 Å². The molecule has 1 aliphatic rings. The highest BCUT2D eigenvalue weighted by Gasteiger charge is 2.30. The summed E-state index contributed by atoms with van der Waals surface area (Å²) in [4.78, 5) is 34.7. The largest absolute Gasteiger partial charge is 0.365 e. The first kappa shape index (κ1) is 20.8. The first-order chi connectivity index (χ1) is 16.0. The number of imidazole rings is 1. The number of rotatable bonds is 4. The summed E-state index contributed by atoms with van der Waals surface area (Å²) in [6.45, 7) is 2.50. The summed E-state index contributed by atoms with van der Waals surface area (Å²) in [6.07, 6.45) is -0.823. The lowest BCUT2D eigenvalue weighted by atomic mass is 10.1. The van der Waals surface area contributed by atoms with Crippen molar-refractivity contribution in [1.82, 2.24) is 25.1 Å². The molecule has 0 spiro atoms. The van der Waals surface area contributed by atoms with E-state index < -0.39 is 11.9 Å². The van der Waals surface area contributed by atoms with Crippen LogP contribution in [0.15, 0.2) is 48.5 Å². The number of aromatic nitrogens is 4. The number of fused-ring (bicyclic) bond motifs is 1. The van der Waals surface area contributed by atoms with Crippen LogP contribution in [0.4, 0.5) is 10.1 Å². The zero-order valence-electron chi connectivity index (χ0n) is 17.8. The Morgan fingerprint density at radius 3 is 2.91 bits per heavy atom. The second-order valence-electron chi connectivity index (χ2n) is 7.80. The summed E-state index contributed by atoms with van der Waals surface area (Å²) in [7, 11) is 0. The summed E-state index contributed by atoms with van der Waals surface area (Å²) in [6, 6.07) is 13.1. The second kappa shape index (κ2) is 8.47. The van der Waals surface area contributed by atoms with Gasteiger partial charge in [-0.05, 0) is 43.3 Å². The Morgan fingerprint density at radius 2 is 2.06 bits per heavy atom. The number of H-pyrrole nitrogens is 2. The van der Waals surface area contributed by atoms with Gasteiger partial charge in [0.25, 0.3) is 11.8 Å². The van der Waals surface area contributed by atoms with Crippen molar-refractivity contribution in [2.45, 2.75) is 13.0 Å². The molecule has 3 heterocycles. The fraction of sp³-hybridized carbons (Fsp3) is 0.217. The van der Waals surface area contributed by atoms with Gasteiger partial charge in [-0.1, -0.05) is 12.1 Å². The molecular weight excluding hydrogens is 427 g/mol. The molecular formula is C23H21FN6O3. The van der Waals surface area contributed by atoms with Gasteiger partial charge in [0.2, 0.25) is 0 Å². The van der Waals surface area contributed by atoms with E-state index in [1.807, 2.05) is 13.0 Å². The Morgan fingerprint density at radius 1 is 1.21 bits per heavy atom. The lowest BCUT2D eigenvalue weighted by molar-refractivity contribution is -0.131. The number of morpholine rings is 1. The molecule has 1 atom stereocenters. The van der Waals surface area contributed by atoms with Gasteiger partial charge in [0.1, 0.15) is 17.3 Å². The highest BCUT2D eigenvalue weighted by molar-refractivity contribution is 5.97. The van der Waals surface area contributed by atoms with E-state index in [9.17, 15) is 14.0 Å². The third kappa shape index (κ3) is 4.20. The van der Waals surface area contributed by atoms with E-state index in [4.69, 9.17) is 4.74 Å². The van der Waals surface area contributed by atoms with E-state index >= 15 is 0 Å². The molecule has 2 aromatic heterocycles. The Labute approximate surface area is 188 Å². The normalized spacial score (nSPS) is 16.2. The Kier molecular flexibility index (Phi) is 5.35. The highest BCUT2D eigenvalue weighted by atomic mass is 19.1. The van der Waals surface area contributed by atoms with Crippen LogP contribution < -0.4 is 5.32 Å². The number of anilines is 1. The molecule has 9 nitrogen and oxygen atoms in total. The number of halogens is 1. The molecule has 0 aliphatic carbocycles. The first-order valence-electron chi connectivity index (χ1n) is 10.5. The van der Waals surface area contributed by atoms with Gasteiger partial charge in [0.05, 0.1) is 29.9 Å². The van der Waals surface area contributed by atoms with Crippen LogP contribution in [0.5, 0.6) is 0 Å². The quantitative estimate of drug-likeness (QED) is 0.444. The number of aryl methyl sites for hydroxylation is 1. The molecule has 2 aromatic carbocycles. The third-order valence-electron chi connectivity index (χ3n) is 5.47. The number of ether oxygens (including phenoxy) is 1. The fourth-order valence-electron chi connectivity index (χ4n) is 3.84. The Bertz CT molecular complexity index is 1350. The zero-order valence-corrected chi connectivity index (χ0v) is 17.8. The van der Waals surface area contributed by atoms with Gasteiger partial charge in [-0.25, -0.2) is 9.37 Å². The average molecular weight is 448 g/mol. The van der Waals surface area contributed by atoms with Crippen molar-refractivity contribution in [3.8, 4) is 11.3 Å². The molecule has 0 radical (unpaired) electrons. The molecule has 0 saturated carbocycles. The number of carbonyl (C=O) groups is 2. The predicted molar refractivity (Wildman–Crippen MR) is 119 cm³/mol. The maximum absolute atomic E-state index is 14.0. The number of nitrogens with one attached hydrogen (secondary N) is 3. The third-order valence-corrected chi connectivity index (χ3v) is 5.47. The van der Waals surface area contributed by atoms with Crippen molar-refractivity contribution in [2.75, 3.05) is 25.0 Å². The van der Waals surface area contributed by atoms with Crippen LogP contribution in [0.1, 0.15) is 16.3 Å². The zero-order chi connectivity index (χ0) is 22.9. The maximum Gasteiger partial charge on any atom is 0.272 e. The van der Waals surface area contributed by atoms with Crippen molar-refractivity contribution >= 4 is 28.5 Å². The van der Waals surface area contributed by atoms with Crippen LogP contribution in [0, 0.1) is 12.7 Å². The van der Waals surface area contributed by atoms with Crippen molar-refractivity contribution in [3.63, 3.8) is 0 Å². The minimum absolute atomic E-state index is 0.0874. The topological polar surface area (TPSA) is 116 Å². The van der Waals surface area contributed by atoms with Crippen molar-refractivity contribution in [2.24, 2.45) is 0 Å². The van der Waals surface area contributed by atoms with Crippen molar-refractivity contribution < 1.29 is 18.7 Å². The summed E-state index contributed by atoms with van der Waals surface area (Å²) >= 11 is 0. The number of amides is 2. The number of aromatic amines is 2. The van der Waals surface area contributed by atoms with E-state index in [1.165, 1.54) is 17.0 Å². The number of hydrogen-bond donors (Lipinski definition) is 3. The van der Waals surface area contributed by atoms with E-state index in [2.05, 4.69) is 25.5 Å². The molecule has 1 aliphatic heterocycles. The maximum atomic E-state index is 14.0. The molecule has 4 aromatic rings. The van der Waals surface area contributed by atoms with Gasteiger partial charge < -0.3 is 19.9 Å². The molecule has 1 saturated heterocycles. The number of benzene rings is 2. The fourth-order valence-corrected chi connectivity index (χ4v) is 3.84. The molecule has 1 fully saturated rings. The van der Waals surface area contributed by atoms with Crippen LogP contribution in [0.2, 0.25) is 0 Å². The molecule has 168 valence electrons. The lowest BCUT2D eigenvalue weighted by Crippen LogP contribution is -2.50. The van der Waals surface area contributed by atoms with Crippen molar-refractivity contribution in [1.29, 1.82) is 0 Å².